The SMILES string of the molecule is COCc1cc(NCc2ccnc3ccnn23)nc(C(C)(C)C)n1. The van der Waals surface area contributed by atoms with E-state index in [-0.39, 0.29) is 5.41 Å². The van der Waals surface area contributed by atoms with E-state index in [1.165, 1.54) is 0 Å². The minimum absolute atomic E-state index is 0.133. The van der Waals surface area contributed by atoms with Crippen LogP contribution in [0.4, 0.5) is 5.82 Å². The summed E-state index contributed by atoms with van der Waals surface area (Å²) in [6, 6.07) is 5.73. The number of fused-ring (bicyclic) bond motifs is 1. The van der Waals surface area contributed by atoms with Crippen LogP contribution in [0.1, 0.15) is 38.0 Å². The zero-order chi connectivity index (χ0) is 17.2. The van der Waals surface area contributed by atoms with Gasteiger partial charge in [0.2, 0.25) is 0 Å². The van der Waals surface area contributed by atoms with Crippen LogP contribution in [0.5, 0.6) is 0 Å². The van der Waals surface area contributed by atoms with Crippen molar-refractivity contribution < 1.29 is 4.74 Å². The molecule has 0 fully saturated rings. The van der Waals surface area contributed by atoms with E-state index in [4.69, 9.17) is 4.74 Å². The molecule has 0 aliphatic rings. The fourth-order valence-corrected chi connectivity index (χ4v) is 2.35. The molecule has 0 saturated carbocycles. The summed E-state index contributed by atoms with van der Waals surface area (Å²) in [5.74, 6) is 1.57. The number of nitrogens with one attached hydrogen (secondary N) is 1. The average Bonchev–Trinajstić information content (AvgIpc) is 3.01. The predicted octanol–water partition coefficient (Wildman–Crippen LogP) is 2.58. The summed E-state index contributed by atoms with van der Waals surface area (Å²) in [6.07, 6.45) is 3.52. The lowest BCUT2D eigenvalue weighted by atomic mass is 9.95. The molecule has 3 aromatic rings. The van der Waals surface area contributed by atoms with Crippen LogP contribution in [0.3, 0.4) is 0 Å². The Morgan fingerprint density at radius 2 is 2.00 bits per heavy atom. The van der Waals surface area contributed by atoms with E-state index in [2.05, 4.69) is 46.1 Å². The fourth-order valence-electron chi connectivity index (χ4n) is 2.35. The summed E-state index contributed by atoms with van der Waals surface area (Å²) in [5, 5.41) is 7.66. The Morgan fingerprint density at radius 3 is 2.75 bits per heavy atom. The van der Waals surface area contributed by atoms with E-state index in [9.17, 15) is 0 Å². The number of aromatic nitrogens is 5. The van der Waals surface area contributed by atoms with Crippen molar-refractivity contribution in [2.45, 2.75) is 39.3 Å². The maximum absolute atomic E-state index is 5.22. The number of nitrogens with zero attached hydrogens (tertiary/aromatic N) is 5. The molecule has 3 aromatic heterocycles. The van der Waals surface area contributed by atoms with Crippen molar-refractivity contribution in [2.75, 3.05) is 12.4 Å². The third kappa shape index (κ3) is 3.51. The van der Waals surface area contributed by atoms with Gasteiger partial charge in [-0.1, -0.05) is 20.8 Å². The Hall–Kier alpha value is -2.54. The van der Waals surface area contributed by atoms with Crippen LogP contribution in [0.15, 0.2) is 30.6 Å². The fraction of sp³-hybridized carbons (Fsp3) is 0.412. The molecule has 7 heteroatoms. The standard InChI is InChI=1S/C17H22N6O/c1-17(2,3)16-21-12(11-24-4)9-14(22-16)19-10-13-5-7-18-15-6-8-20-23(13)15/h5-9H,10-11H2,1-4H3,(H,19,21,22). The van der Waals surface area contributed by atoms with Gasteiger partial charge in [0.25, 0.3) is 0 Å². The summed E-state index contributed by atoms with van der Waals surface area (Å²) in [7, 11) is 1.66. The van der Waals surface area contributed by atoms with Crippen LogP contribution < -0.4 is 5.32 Å². The van der Waals surface area contributed by atoms with Crippen LogP contribution in [0.25, 0.3) is 5.65 Å². The summed E-state index contributed by atoms with van der Waals surface area (Å²) in [4.78, 5) is 13.5. The predicted molar refractivity (Wildman–Crippen MR) is 91.8 cm³/mol. The van der Waals surface area contributed by atoms with Gasteiger partial charge in [0.15, 0.2) is 5.65 Å². The highest BCUT2D eigenvalue weighted by atomic mass is 16.5. The Bertz CT molecular complexity index is 836. The number of ether oxygens (including phenoxy) is 1. The maximum Gasteiger partial charge on any atom is 0.155 e. The lowest BCUT2D eigenvalue weighted by molar-refractivity contribution is 0.181. The van der Waals surface area contributed by atoms with Crippen LogP contribution in [-0.4, -0.2) is 31.7 Å². The molecule has 0 bridgehead atoms. The number of hydrogen-bond acceptors (Lipinski definition) is 6. The zero-order valence-corrected chi connectivity index (χ0v) is 14.4. The monoisotopic (exact) mass is 326 g/mol. The second kappa shape index (κ2) is 6.52. The molecule has 0 atom stereocenters. The first kappa shape index (κ1) is 16.3. The molecule has 0 radical (unpaired) electrons. The quantitative estimate of drug-likeness (QED) is 0.776. The van der Waals surface area contributed by atoms with E-state index in [1.807, 2.05) is 22.7 Å². The van der Waals surface area contributed by atoms with Crippen molar-refractivity contribution in [1.82, 2.24) is 24.6 Å². The molecule has 24 heavy (non-hydrogen) atoms. The second-order valence-electron chi connectivity index (χ2n) is 6.64. The molecular weight excluding hydrogens is 304 g/mol. The zero-order valence-electron chi connectivity index (χ0n) is 14.4. The van der Waals surface area contributed by atoms with Crippen LogP contribution in [-0.2, 0) is 23.3 Å². The number of methoxy groups -OCH3 is 1. The maximum atomic E-state index is 5.22. The highest BCUT2D eigenvalue weighted by molar-refractivity contribution is 5.40. The Morgan fingerprint density at radius 1 is 1.17 bits per heavy atom. The summed E-state index contributed by atoms with van der Waals surface area (Å²) < 4.78 is 7.03. The minimum Gasteiger partial charge on any atom is -0.378 e. The molecule has 7 nitrogen and oxygen atoms in total. The molecule has 126 valence electrons. The first-order chi connectivity index (χ1) is 11.5. The third-order valence-corrected chi connectivity index (χ3v) is 3.56. The van der Waals surface area contributed by atoms with Crippen molar-refractivity contribution in [2.24, 2.45) is 0 Å². The van der Waals surface area contributed by atoms with Crippen molar-refractivity contribution in [1.29, 1.82) is 0 Å². The van der Waals surface area contributed by atoms with Crippen molar-refractivity contribution in [3.8, 4) is 0 Å². The molecule has 0 spiro atoms. The van der Waals surface area contributed by atoms with Crippen LogP contribution in [0.2, 0.25) is 0 Å². The van der Waals surface area contributed by atoms with Gasteiger partial charge in [-0.15, -0.1) is 0 Å². The van der Waals surface area contributed by atoms with Crippen LogP contribution in [0, 0.1) is 0 Å². The normalized spacial score (nSPS) is 11.8. The van der Waals surface area contributed by atoms with E-state index < -0.39 is 0 Å². The molecule has 0 aromatic carbocycles. The molecule has 0 aliphatic heterocycles. The van der Waals surface area contributed by atoms with Gasteiger partial charge < -0.3 is 10.1 Å². The highest BCUT2D eigenvalue weighted by Crippen LogP contribution is 2.21. The molecule has 3 rings (SSSR count). The lowest BCUT2D eigenvalue weighted by Crippen LogP contribution is -2.19. The van der Waals surface area contributed by atoms with E-state index >= 15 is 0 Å². The van der Waals surface area contributed by atoms with Gasteiger partial charge in [-0.05, 0) is 6.07 Å². The lowest BCUT2D eigenvalue weighted by Gasteiger charge is -2.19. The van der Waals surface area contributed by atoms with E-state index in [1.54, 1.807) is 19.5 Å². The average molecular weight is 326 g/mol. The van der Waals surface area contributed by atoms with Gasteiger partial charge in [0.1, 0.15) is 11.6 Å². The van der Waals surface area contributed by atoms with E-state index in [0.29, 0.717) is 13.2 Å². The molecule has 0 amide bonds. The molecule has 0 aliphatic carbocycles. The highest BCUT2D eigenvalue weighted by Gasteiger charge is 2.19. The van der Waals surface area contributed by atoms with Gasteiger partial charge in [-0.25, -0.2) is 19.5 Å². The Balaban J connectivity index is 1.86. The van der Waals surface area contributed by atoms with Gasteiger partial charge in [-0.2, -0.15) is 5.10 Å². The second-order valence-corrected chi connectivity index (χ2v) is 6.64. The van der Waals surface area contributed by atoms with Crippen molar-refractivity contribution >= 4 is 11.5 Å². The first-order valence-corrected chi connectivity index (χ1v) is 7.86. The summed E-state index contributed by atoms with van der Waals surface area (Å²) >= 11 is 0. The molecule has 0 saturated heterocycles. The van der Waals surface area contributed by atoms with Crippen LogP contribution >= 0.6 is 0 Å². The third-order valence-electron chi connectivity index (χ3n) is 3.56. The first-order valence-electron chi connectivity index (χ1n) is 7.86. The van der Waals surface area contributed by atoms with Gasteiger partial charge >= 0.3 is 0 Å². The molecule has 3 heterocycles. The summed E-state index contributed by atoms with van der Waals surface area (Å²) in [5.41, 5.74) is 2.56. The number of anilines is 1. The minimum atomic E-state index is -0.133. The Labute approximate surface area is 141 Å². The van der Waals surface area contributed by atoms with Gasteiger partial charge in [0, 0.05) is 30.9 Å². The largest absolute Gasteiger partial charge is 0.378 e. The topological polar surface area (TPSA) is 77.2 Å². The number of hydrogen-bond donors (Lipinski definition) is 1. The smallest absolute Gasteiger partial charge is 0.155 e. The van der Waals surface area contributed by atoms with Crippen molar-refractivity contribution in [3.63, 3.8) is 0 Å². The van der Waals surface area contributed by atoms with Crippen molar-refractivity contribution in [3.05, 3.63) is 47.8 Å². The molecule has 0 unspecified atom stereocenters. The van der Waals surface area contributed by atoms with Gasteiger partial charge in [0.05, 0.1) is 30.7 Å². The van der Waals surface area contributed by atoms with Gasteiger partial charge in [-0.3, -0.25) is 0 Å². The molecule has 1 N–H and O–H groups in total. The Kier molecular flexibility index (Phi) is 4.44. The number of rotatable bonds is 5. The molecular formula is C17H22N6O. The van der Waals surface area contributed by atoms with E-state index in [0.717, 1.165) is 28.7 Å². The summed E-state index contributed by atoms with van der Waals surface area (Å²) in [6.45, 7) is 7.34.